The Labute approximate surface area is 190 Å². The summed E-state index contributed by atoms with van der Waals surface area (Å²) in [7, 11) is 3.62. The van der Waals surface area contributed by atoms with Crippen LogP contribution in [0.1, 0.15) is 25.7 Å². The Bertz CT molecular complexity index is 1220. The van der Waals surface area contributed by atoms with Gasteiger partial charge in [-0.2, -0.15) is 0 Å². The predicted molar refractivity (Wildman–Crippen MR) is 121 cm³/mol. The zero-order valence-electron chi connectivity index (χ0n) is 18.6. The molecule has 5 rings (SSSR count). The lowest BCUT2D eigenvalue weighted by molar-refractivity contribution is -0.0640. The maximum absolute atomic E-state index is 15.0. The third-order valence-corrected chi connectivity index (χ3v) is 6.87. The summed E-state index contributed by atoms with van der Waals surface area (Å²) in [5.41, 5.74) is 1.36. The molecular formula is C24H26FN5O3. The molecule has 4 atom stereocenters. The number of rotatable bonds is 4. The number of hydrogen-bond donors (Lipinski definition) is 1. The van der Waals surface area contributed by atoms with E-state index in [9.17, 15) is 9.90 Å². The van der Waals surface area contributed by atoms with Gasteiger partial charge in [0.2, 0.25) is 5.88 Å². The van der Waals surface area contributed by atoms with E-state index in [0.717, 1.165) is 19.3 Å². The number of alkyl halides is 1. The molecule has 4 heterocycles. The molecule has 172 valence electrons. The zero-order valence-corrected chi connectivity index (χ0v) is 18.6. The molecule has 1 aromatic carbocycles. The fraction of sp³-hybridized carbons (Fsp3) is 0.417. The number of phenolic OH excluding ortho intramolecular Hbond substituents is 1. The third kappa shape index (κ3) is 3.97. The molecule has 3 aromatic rings. The highest BCUT2D eigenvalue weighted by Gasteiger charge is 2.45. The summed E-state index contributed by atoms with van der Waals surface area (Å²) in [5.74, 6) is 0.706. The first-order chi connectivity index (χ1) is 15.9. The van der Waals surface area contributed by atoms with Gasteiger partial charge in [-0.15, -0.1) is 10.2 Å². The Morgan fingerprint density at radius 3 is 2.73 bits per heavy atom. The minimum Gasteiger partial charge on any atom is -0.507 e. The average molecular weight is 452 g/mol. The SMILES string of the molecule is CN1C2CCCC1[C@@H](F)[C@H](Oc1ccc(-c3ccc(-c4nccc(=O)n4C)cc3O)nn1)C2. The van der Waals surface area contributed by atoms with Crippen LogP contribution in [0.2, 0.25) is 0 Å². The lowest BCUT2D eigenvalue weighted by atomic mass is 9.82. The molecule has 0 radical (unpaired) electrons. The van der Waals surface area contributed by atoms with Gasteiger partial charge in [-0.3, -0.25) is 14.3 Å². The summed E-state index contributed by atoms with van der Waals surface area (Å²) >= 11 is 0. The molecule has 2 aromatic heterocycles. The van der Waals surface area contributed by atoms with Crippen LogP contribution in [-0.4, -0.2) is 61.2 Å². The number of nitrogens with zero attached hydrogens (tertiary/aromatic N) is 5. The highest BCUT2D eigenvalue weighted by Crippen LogP contribution is 2.36. The molecule has 2 aliphatic heterocycles. The van der Waals surface area contributed by atoms with Gasteiger partial charge in [0, 0.05) is 55.0 Å². The van der Waals surface area contributed by atoms with Crippen LogP contribution < -0.4 is 10.3 Å². The smallest absolute Gasteiger partial charge is 0.253 e. The lowest BCUT2D eigenvalue weighted by Gasteiger charge is -2.48. The zero-order chi connectivity index (χ0) is 23.1. The van der Waals surface area contributed by atoms with E-state index in [-0.39, 0.29) is 23.2 Å². The van der Waals surface area contributed by atoms with Gasteiger partial charge in [0.25, 0.3) is 5.56 Å². The van der Waals surface area contributed by atoms with Crippen LogP contribution in [0.3, 0.4) is 0 Å². The van der Waals surface area contributed by atoms with E-state index >= 15 is 4.39 Å². The van der Waals surface area contributed by atoms with E-state index in [1.165, 1.54) is 22.9 Å². The molecular weight excluding hydrogens is 425 g/mol. The first-order valence-corrected chi connectivity index (χ1v) is 11.1. The highest BCUT2D eigenvalue weighted by atomic mass is 19.1. The maximum atomic E-state index is 15.0. The summed E-state index contributed by atoms with van der Waals surface area (Å²) < 4.78 is 22.3. The Morgan fingerprint density at radius 1 is 1.12 bits per heavy atom. The summed E-state index contributed by atoms with van der Waals surface area (Å²) in [6.45, 7) is 0. The molecule has 2 unspecified atom stereocenters. The fourth-order valence-electron chi connectivity index (χ4n) is 4.98. The summed E-state index contributed by atoms with van der Waals surface area (Å²) in [6.07, 6.45) is 3.44. The van der Waals surface area contributed by atoms with Crippen LogP contribution in [0.25, 0.3) is 22.6 Å². The molecule has 2 saturated heterocycles. The first-order valence-electron chi connectivity index (χ1n) is 11.1. The van der Waals surface area contributed by atoms with E-state index in [1.54, 1.807) is 31.3 Å². The summed E-state index contributed by atoms with van der Waals surface area (Å²) in [6, 6.07) is 9.94. The highest BCUT2D eigenvalue weighted by molar-refractivity contribution is 5.72. The second-order valence-electron chi connectivity index (χ2n) is 8.81. The number of halogens is 1. The second-order valence-corrected chi connectivity index (χ2v) is 8.81. The van der Waals surface area contributed by atoms with Crippen LogP contribution in [0.5, 0.6) is 11.6 Å². The van der Waals surface area contributed by atoms with Crippen molar-refractivity contribution >= 4 is 0 Å². The molecule has 0 saturated carbocycles. The Kier molecular flexibility index (Phi) is 5.57. The van der Waals surface area contributed by atoms with Crippen molar-refractivity contribution in [3.8, 4) is 34.3 Å². The van der Waals surface area contributed by atoms with Gasteiger partial charge in [-0.25, -0.2) is 9.37 Å². The van der Waals surface area contributed by atoms with Crippen LogP contribution in [-0.2, 0) is 7.05 Å². The van der Waals surface area contributed by atoms with Crippen LogP contribution in [0, 0.1) is 0 Å². The quantitative estimate of drug-likeness (QED) is 0.652. The minimum atomic E-state index is -1.06. The largest absolute Gasteiger partial charge is 0.507 e. The van der Waals surface area contributed by atoms with Crippen LogP contribution >= 0.6 is 0 Å². The summed E-state index contributed by atoms with van der Waals surface area (Å²) in [4.78, 5) is 18.2. The predicted octanol–water partition coefficient (Wildman–Crippen LogP) is 2.95. The van der Waals surface area contributed by atoms with Crippen molar-refractivity contribution in [1.82, 2.24) is 24.6 Å². The number of ether oxygens (including phenoxy) is 1. The second kappa shape index (κ2) is 8.55. The minimum absolute atomic E-state index is 0.0134. The van der Waals surface area contributed by atoms with Gasteiger partial charge in [0.1, 0.15) is 17.7 Å². The van der Waals surface area contributed by atoms with E-state index < -0.39 is 12.3 Å². The molecule has 8 nitrogen and oxygen atoms in total. The van der Waals surface area contributed by atoms with Crippen LogP contribution in [0.4, 0.5) is 4.39 Å². The number of fused-ring (bicyclic) bond motifs is 2. The van der Waals surface area contributed by atoms with Gasteiger partial charge in [-0.05, 0) is 38.1 Å². The number of phenols is 1. The molecule has 0 amide bonds. The summed E-state index contributed by atoms with van der Waals surface area (Å²) in [5, 5.41) is 18.9. The van der Waals surface area contributed by atoms with Crippen molar-refractivity contribution in [2.24, 2.45) is 7.05 Å². The Balaban J connectivity index is 1.33. The molecule has 0 aliphatic carbocycles. The van der Waals surface area contributed by atoms with Gasteiger partial charge < -0.3 is 9.84 Å². The Hall–Kier alpha value is -3.33. The molecule has 2 aliphatic rings. The van der Waals surface area contributed by atoms with E-state index in [1.807, 2.05) is 7.05 Å². The lowest BCUT2D eigenvalue weighted by Crippen LogP contribution is -2.59. The van der Waals surface area contributed by atoms with Crippen molar-refractivity contribution in [1.29, 1.82) is 0 Å². The number of aromatic nitrogens is 4. The molecule has 2 bridgehead atoms. The monoisotopic (exact) mass is 451 g/mol. The van der Waals surface area contributed by atoms with E-state index in [2.05, 4.69) is 20.1 Å². The molecule has 0 spiro atoms. The Morgan fingerprint density at radius 2 is 1.97 bits per heavy atom. The number of aromatic hydroxyl groups is 1. The number of hydrogen-bond acceptors (Lipinski definition) is 7. The van der Waals surface area contributed by atoms with Crippen molar-refractivity contribution in [2.45, 2.75) is 50.0 Å². The first kappa shape index (κ1) is 21.5. The van der Waals surface area contributed by atoms with Crippen molar-refractivity contribution in [2.75, 3.05) is 7.05 Å². The maximum Gasteiger partial charge on any atom is 0.253 e. The average Bonchev–Trinajstić information content (AvgIpc) is 2.80. The molecule has 2 fully saturated rings. The topological polar surface area (TPSA) is 93.4 Å². The van der Waals surface area contributed by atoms with Gasteiger partial charge >= 0.3 is 0 Å². The van der Waals surface area contributed by atoms with Gasteiger partial charge in [-0.1, -0.05) is 12.5 Å². The molecule has 9 heteroatoms. The normalized spacial score (nSPS) is 25.1. The van der Waals surface area contributed by atoms with E-state index in [0.29, 0.717) is 35.1 Å². The van der Waals surface area contributed by atoms with E-state index in [4.69, 9.17) is 4.74 Å². The van der Waals surface area contributed by atoms with Crippen molar-refractivity contribution < 1.29 is 14.2 Å². The van der Waals surface area contributed by atoms with Crippen molar-refractivity contribution in [3.63, 3.8) is 0 Å². The van der Waals surface area contributed by atoms with Crippen molar-refractivity contribution in [3.05, 3.63) is 52.9 Å². The number of piperidine rings is 2. The third-order valence-electron chi connectivity index (χ3n) is 6.87. The standard InChI is InChI=1S/C24H26FN5O3/c1-29-15-4-3-5-18(29)23(25)20(13-15)33-21-9-8-17(27-28-21)16-7-6-14(12-19(16)31)24-26-11-10-22(32)30(24)2/h6-12,15,18,20,23,31H,3-5,13H2,1-2H3/t15?,18?,20-,23-/m1/s1. The van der Waals surface area contributed by atoms with Crippen LogP contribution in [0.15, 0.2) is 47.4 Å². The molecule has 1 N–H and O–H groups in total. The number of benzene rings is 1. The van der Waals surface area contributed by atoms with Gasteiger partial charge in [0.05, 0.1) is 5.69 Å². The van der Waals surface area contributed by atoms with Gasteiger partial charge in [0.15, 0.2) is 6.17 Å². The fourth-order valence-corrected chi connectivity index (χ4v) is 4.98. The molecule has 33 heavy (non-hydrogen) atoms.